The molecule has 22 heavy (non-hydrogen) atoms. The molecule has 0 heterocycles. The molecule has 0 aromatic carbocycles. The van der Waals surface area contributed by atoms with Crippen molar-refractivity contribution in [2.24, 2.45) is 0 Å². The number of carbonyl (C=O) groups excluding carboxylic acids is 1. The molecule has 0 aromatic rings. The minimum absolute atomic E-state index is 0.297. The summed E-state index contributed by atoms with van der Waals surface area (Å²) < 4.78 is 113. The molecule has 1 N–H and O–H groups in total. The largest absolute Gasteiger partial charge is 0.460 e. The molecule has 0 rings (SSSR count). The fourth-order valence-corrected chi connectivity index (χ4v) is 1.51. The Balaban J connectivity index is 5.70. The van der Waals surface area contributed by atoms with Crippen LogP contribution in [0.1, 0.15) is 13.3 Å². The van der Waals surface area contributed by atoms with Crippen LogP contribution in [0.15, 0.2) is 0 Å². The third-order valence-corrected chi connectivity index (χ3v) is 2.64. The van der Waals surface area contributed by atoms with Crippen LogP contribution in [0, 0.1) is 0 Å². The first-order chi connectivity index (χ1) is 9.31. The van der Waals surface area contributed by atoms with E-state index in [0.717, 1.165) is 14.1 Å². The van der Waals surface area contributed by atoms with Crippen molar-refractivity contribution in [3.8, 4) is 0 Å². The first-order valence-corrected chi connectivity index (χ1v) is 5.45. The lowest BCUT2D eigenvalue weighted by atomic mass is 9.90. The monoisotopic (exact) mass is 349 g/mol. The summed E-state index contributed by atoms with van der Waals surface area (Å²) in [4.78, 5) is 11.8. The molecule has 0 saturated carbocycles. The third kappa shape index (κ3) is 3.41. The summed E-state index contributed by atoms with van der Waals surface area (Å²) in [6, 6.07) is 0. The molecule has 0 aliphatic heterocycles. The molecule has 1 atom stereocenters. The first-order valence-electron chi connectivity index (χ1n) is 5.45. The maximum Gasteiger partial charge on any atom is 0.460 e. The lowest BCUT2D eigenvalue weighted by Crippen LogP contribution is -2.63. The summed E-state index contributed by atoms with van der Waals surface area (Å²) in [6.45, 7) is 0.297. The van der Waals surface area contributed by atoms with Crippen LogP contribution in [-0.4, -0.2) is 59.6 Å². The van der Waals surface area contributed by atoms with Crippen molar-refractivity contribution < 1.29 is 49.4 Å². The van der Waals surface area contributed by atoms with Crippen LogP contribution in [0.2, 0.25) is 0 Å². The fourth-order valence-electron chi connectivity index (χ4n) is 1.51. The number of nitrogens with zero attached hydrogens (tertiary/aromatic N) is 1. The van der Waals surface area contributed by atoms with Crippen molar-refractivity contribution in [1.82, 2.24) is 4.90 Å². The maximum absolute atomic E-state index is 13.3. The summed E-state index contributed by atoms with van der Waals surface area (Å²) >= 11 is 0. The van der Waals surface area contributed by atoms with E-state index in [9.17, 15) is 49.4 Å². The molecule has 1 unspecified atom stereocenters. The topological polar surface area (TPSA) is 40.5 Å². The molecule has 0 aromatic heterocycles. The molecule has 0 spiro atoms. The molecule has 1 amide bonds. The Morgan fingerprint density at radius 2 is 1.27 bits per heavy atom. The molecular weight excluding hydrogens is 337 g/mol. The Morgan fingerprint density at radius 1 is 0.909 bits per heavy atom. The van der Waals surface area contributed by atoms with Gasteiger partial charge in [0.2, 0.25) is 0 Å². The van der Waals surface area contributed by atoms with Gasteiger partial charge in [0.15, 0.2) is 0 Å². The second-order valence-electron chi connectivity index (χ2n) is 5.00. The minimum atomic E-state index is -7.05. The molecule has 0 fully saturated rings. The maximum atomic E-state index is 13.3. The zero-order valence-corrected chi connectivity index (χ0v) is 11.4. The predicted molar refractivity (Wildman–Crippen MR) is 54.8 cm³/mol. The van der Waals surface area contributed by atoms with Crippen molar-refractivity contribution in [3.05, 3.63) is 0 Å². The van der Waals surface area contributed by atoms with Gasteiger partial charge in [0.25, 0.3) is 5.91 Å². The smallest absolute Gasteiger partial charge is 0.380 e. The number of alkyl halides is 9. The van der Waals surface area contributed by atoms with Crippen LogP contribution in [0.3, 0.4) is 0 Å². The van der Waals surface area contributed by atoms with Gasteiger partial charge >= 0.3 is 23.9 Å². The van der Waals surface area contributed by atoms with E-state index in [-0.39, 0.29) is 0 Å². The molecule has 0 radical (unpaired) electrons. The van der Waals surface area contributed by atoms with Gasteiger partial charge in [0.1, 0.15) is 5.60 Å². The highest BCUT2D eigenvalue weighted by atomic mass is 19.4. The van der Waals surface area contributed by atoms with Crippen LogP contribution < -0.4 is 0 Å². The molecule has 0 aliphatic rings. The third-order valence-electron chi connectivity index (χ3n) is 2.64. The highest BCUT2D eigenvalue weighted by Gasteiger charge is 2.82. The van der Waals surface area contributed by atoms with E-state index >= 15 is 0 Å². The summed E-state index contributed by atoms with van der Waals surface area (Å²) in [5.41, 5.74) is -3.28. The number of halogens is 9. The van der Waals surface area contributed by atoms with Crippen LogP contribution >= 0.6 is 0 Å². The van der Waals surface area contributed by atoms with Gasteiger partial charge in [-0.05, 0) is 6.92 Å². The summed E-state index contributed by atoms with van der Waals surface area (Å²) in [5.74, 6) is -21.5. The van der Waals surface area contributed by atoms with Crippen molar-refractivity contribution in [1.29, 1.82) is 0 Å². The van der Waals surface area contributed by atoms with Crippen LogP contribution in [0.4, 0.5) is 39.5 Å². The zero-order chi connectivity index (χ0) is 18.4. The van der Waals surface area contributed by atoms with E-state index in [0.29, 0.717) is 11.8 Å². The zero-order valence-electron chi connectivity index (χ0n) is 11.4. The van der Waals surface area contributed by atoms with Gasteiger partial charge in [-0.2, -0.15) is 39.5 Å². The Hall–Kier alpha value is -1.20. The van der Waals surface area contributed by atoms with Crippen molar-refractivity contribution >= 4 is 5.91 Å². The number of hydrogen-bond donors (Lipinski definition) is 1. The summed E-state index contributed by atoms with van der Waals surface area (Å²) in [6.07, 6.45) is -9.58. The fraction of sp³-hybridized carbons (Fsp3) is 0.900. The van der Waals surface area contributed by atoms with Crippen LogP contribution in [0.25, 0.3) is 0 Å². The standard InChI is InChI=1S/C10H12F9NO2/c1-6(22,5(21)20(2)3)4-7(11,12)8(13,14)9(15,16)10(17,18)19/h22H,4H2,1-3H3. The van der Waals surface area contributed by atoms with Gasteiger partial charge in [0, 0.05) is 14.1 Å². The average Bonchev–Trinajstić information content (AvgIpc) is 2.24. The number of likely N-dealkylation sites (N-methyl/N-ethyl adjacent to an activating group) is 1. The lowest BCUT2D eigenvalue weighted by molar-refractivity contribution is -0.399. The van der Waals surface area contributed by atoms with E-state index in [1.54, 1.807) is 0 Å². The van der Waals surface area contributed by atoms with Gasteiger partial charge in [-0.25, -0.2) is 0 Å². The van der Waals surface area contributed by atoms with E-state index in [2.05, 4.69) is 0 Å². The number of aliphatic hydroxyl groups is 1. The van der Waals surface area contributed by atoms with Gasteiger partial charge < -0.3 is 10.0 Å². The van der Waals surface area contributed by atoms with Crippen LogP contribution in [-0.2, 0) is 4.79 Å². The lowest BCUT2D eigenvalue weighted by Gasteiger charge is -2.37. The van der Waals surface area contributed by atoms with Crippen molar-refractivity contribution in [2.75, 3.05) is 14.1 Å². The van der Waals surface area contributed by atoms with Crippen molar-refractivity contribution in [2.45, 2.75) is 42.9 Å². The minimum Gasteiger partial charge on any atom is -0.380 e. The molecular formula is C10H12F9NO2. The highest BCUT2D eigenvalue weighted by molar-refractivity contribution is 5.84. The molecule has 0 saturated heterocycles. The Labute approximate surface area is 118 Å². The van der Waals surface area contributed by atoms with Gasteiger partial charge in [-0.1, -0.05) is 0 Å². The van der Waals surface area contributed by atoms with Gasteiger partial charge in [-0.15, -0.1) is 0 Å². The average molecular weight is 349 g/mol. The summed E-state index contributed by atoms with van der Waals surface area (Å²) in [5, 5.41) is 9.39. The Bertz CT molecular complexity index is 429. The first kappa shape index (κ1) is 20.8. The SMILES string of the molecule is CN(C)C(=O)C(C)(O)CC(F)(F)C(F)(F)C(F)(F)C(F)(F)F. The molecule has 3 nitrogen and oxygen atoms in total. The second kappa shape index (κ2) is 5.46. The Kier molecular flexibility index (Phi) is 5.16. The van der Waals surface area contributed by atoms with E-state index < -0.39 is 41.9 Å². The number of rotatable bonds is 5. The van der Waals surface area contributed by atoms with Gasteiger partial charge in [-0.3, -0.25) is 4.79 Å². The molecule has 132 valence electrons. The molecule has 0 aliphatic carbocycles. The van der Waals surface area contributed by atoms with E-state index in [1.165, 1.54) is 0 Å². The number of hydrogen-bond acceptors (Lipinski definition) is 2. The van der Waals surface area contributed by atoms with E-state index in [1.807, 2.05) is 0 Å². The molecule has 0 bridgehead atoms. The van der Waals surface area contributed by atoms with E-state index in [4.69, 9.17) is 0 Å². The van der Waals surface area contributed by atoms with Crippen molar-refractivity contribution in [3.63, 3.8) is 0 Å². The molecule has 12 heteroatoms. The number of amides is 1. The normalized spacial score (nSPS) is 17.1. The van der Waals surface area contributed by atoms with Gasteiger partial charge in [0.05, 0.1) is 6.42 Å². The number of carbonyl (C=O) groups is 1. The predicted octanol–water partition coefficient (Wildman–Crippen LogP) is 2.68. The quantitative estimate of drug-likeness (QED) is 0.776. The summed E-state index contributed by atoms with van der Waals surface area (Å²) in [7, 11) is 1.86. The van der Waals surface area contributed by atoms with Crippen LogP contribution in [0.5, 0.6) is 0 Å². The Morgan fingerprint density at radius 3 is 1.55 bits per heavy atom. The second-order valence-corrected chi connectivity index (χ2v) is 5.00. The highest BCUT2D eigenvalue weighted by Crippen LogP contribution is 2.54.